The van der Waals surface area contributed by atoms with Crippen molar-refractivity contribution in [1.82, 2.24) is 9.38 Å². The van der Waals surface area contributed by atoms with Gasteiger partial charge in [0, 0.05) is 18.1 Å². The molecule has 0 unspecified atom stereocenters. The third-order valence-electron chi connectivity index (χ3n) is 4.06. The molecule has 4 nitrogen and oxygen atoms in total. The number of carboxylic acid groups (broad SMARTS) is 1. The summed E-state index contributed by atoms with van der Waals surface area (Å²) < 4.78 is 1.94. The van der Waals surface area contributed by atoms with Crippen LogP contribution in [0.2, 0.25) is 0 Å². The topological polar surface area (TPSA) is 54.6 Å². The third kappa shape index (κ3) is 2.52. The van der Waals surface area contributed by atoms with Gasteiger partial charge in [-0.1, -0.05) is 43.4 Å². The first kappa shape index (κ1) is 12.7. The summed E-state index contributed by atoms with van der Waals surface area (Å²) >= 11 is 1.28. The van der Waals surface area contributed by atoms with Crippen LogP contribution in [0.5, 0.6) is 0 Å². The summed E-state index contributed by atoms with van der Waals surface area (Å²) in [5, 5.41) is 9.29. The zero-order valence-electron chi connectivity index (χ0n) is 10.8. The highest BCUT2D eigenvalue weighted by atomic mass is 32.1. The minimum absolute atomic E-state index is 0.457. The van der Waals surface area contributed by atoms with E-state index < -0.39 is 5.97 Å². The van der Waals surface area contributed by atoms with E-state index in [0.29, 0.717) is 4.88 Å². The highest BCUT2D eigenvalue weighted by molar-refractivity contribution is 7.18. The van der Waals surface area contributed by atoms with E-state index in [0.717, 1.165) is 29.4 Å². The molecular weight excluding hydrogens is 260 g/mol. The Morgan fingerprint density at radius 1 is 1.42 bits per heavy atom. The molecule has 2 aromatic heterocycles. The molecule has 0 atom stereocenters. The average Bonchev–Trinajstić information content (AvgIpc) is 2.98. The van der Waals surface area contributed by atoms with E-state index in [4.69, 9.17) is 0 Å². The molecule has 1 saturated carbocycles. The Hall–Kier alpha value is -1.36. The van der Waals surface area contributed by atoms with Gasteiger partial charge in [0.05, 0.1) is 0 Å². The van der Waals surface area contributed by atoms with Crippen molar-refractivity contribution in [2.75, 3.05) is 0 Å². The highest BCUT2D eigenvalue weighted by Gasteiger charge is 2.20. The van der Waals surface area contributed by atoms with Crippen molar-refractivity contribution in [3.05, 3.63) is 23.0 Å². The molecule has 2 aromatic rings. The highest BCUT2D eigenvalue weighted by Crippen LogP contribution is 2.30. The van der Waals surface area contributed by atoms with Gasteiger partial charge in [0.15, 0.2) is 4.96 Å². The normalized spacial score (nSPS) is 17.1. The second-order valence-electron chi connectivity index (χ2n) is 5.31. The van der Waals surface area contributed by atoms with Crippen molar-refractivity contribution < 1.29 is 9.90 Å². The summed E-state index contributed by atoms with van der Waals surface area (Å²) in [6.45, 7) is 0. The Morgan fingerprint density at radius 3 is 2.95 bits per heavy atom. The number of hydrogen-bond acceptors (Lipinski definition) is 3. The Balaban J connectivity index is 1.80. The molecule has 1 aliphatic rings. The van der Waals surface area contributed by atoms with Crippen molar-refractivity contribution in [2.24, 2.45) is 5.92 Å². The Morgan fingerprint density at radius 2 is 2.21 bits per heavy atom. The van der Waals surface area contributed by atoms with Crippen LogP contribution in [0.25, 0.3) is 4.96 Å². The minimum atomic E-state index is -0.825. The van der Waals surface area contributed by atoms with Crippen LogP contribution in [0.3, 0.4) is 0 Å². The number of nitrogens with zero attached hydrogens (tertiary/aromatic N) is 2. The molecule has 102 valence electrons. The summed E-state index contributed by atoms with van der Waals surface area (Å²) in [5.74, 6) is -0.0528. The second kappa shape index (κ2) is 5.33. The standard InChI is InChI=1S/C14H18N2O2S/c17-13(18)12-11(16-9-8-15-14(16)19-12)7-6-10-4-2-1-3-5-10/h8-10H,1-7H2,(H,17,18). The molecule has 1 fully saturated rings. The second-order valence-corrected chi connectivity index (χ2v) is 6.28. The van der Waals surface area contributed by atoms with Gasteiger partial charge in [-0.2, -0.15) is 0 Å². The van der Waals surface area contributed by atoms with Crippen LogP contribution in [0.1, 0.15) is 53.9 Å². The van der Waals surface area contributed by atoms with Crippen LogP contribution >= 0.6 is 11.3 Å². The number of aromatic carboxylic acids is 1. The van der Waals surface area contributed by atoms with Crippen LogP contribution in [0, 0.1) is 5.92 Å². The molecule has 19 heavy (non-hydrogen) atoms. The van der Waals surface area contributed by atoms with Crippen molar-refractivity contribution >= 4 is 22.3 Å². The predicted molar refractivity (Wildman–Crippen MR) is 74.9 cm³/mol. The SMILES string of the molecule is O=C(O)c1sc2nccn2c1CCC1CCCCC1. The minimum Gasteiger partial charge on any atom is -0.477 e. The number of thiazole rings is 1. The lowest BCUT2D eigenvalue weighted by Crippen LogP contribution is -2.09. The van der Waals surface area contributed by atoms with Gasteiger partial charge < -0.3 is 5.11 Å². The van der Waals surface area contributed by atoms with E-state index >= 15 is 0 Å². The first-order valence-electron chi connectivity index (χ1n) is 6.93. The van der Waals surface area contributed by atoms with Gasteiger partial charge in [0.2, 0.25) is 0 Å². The molecule has 5 heteroatoms. The summed E-state index contributed by atoms with van der Waals surface area (Å²) in [6.07, 6.45) is 12.2. The molecule has 0 aromatic carbocycles. The third-order valence-corrected chi connectivity index (χ3v) is 5.16. The van der Waals surface area contributed by atoms with Crippen molar-refractivity contribution in [1.29, 1.82) is 0 Å². The zero-order chi connectivity index (χ0) is 13.2. The van der Waals surface area contributed by atoms with Crippen LogP contribution in [0.4, 0.5) is 0 Å². The first-order chi connectivity index (χ1) is 9.25. The summed E-state index contributed by atoms with van der Waals surface area (Å²) in [6, 6.07) is 0. The Labute approximate surface area is 116 Å². The van der Waals surface area contributed by atoms with E-state index in [1.165, 1.54) is 43.4 Å². The molecule has 0 spiro atoms. The smallest absolute Gasteiger partial charge is 0.347 e. The fourth-order valence-electron chi connectivity index (χ4n) is 3.05. The van der Waals surface area contributed by atoms with Gasteiger partial charge in [-0.3, -0.25) is 4.40 Å². The van der Waals surface area contributed by atoms with Gasteiger partial charge in [0.25, 0.3) is 0 Å². The Bertz CT molecular complexity index is 581. The fraction of sp³-hybridized carbons (Fsp3) is 0.571. The number of aryl methyl sites for hydroxylation is 1. The largest absolute Gasteiger partial charge is 0.477 e. The van der Waals surface area contributed by atoms with Gasteiger partial charge in [-0.15, -0.1) is 0 Å². The summed E-state index contributed by atoms with van der Waals surface area (Å²) in [4.78, 5) is 16.8. The molecule has 0 radical (unpaired) electrons. The number of imidazole rings is 1. The fourth-order valence-corrected chi connectivity index (χ4v) is 4.02. The molecule has 0 bridgehead atoms. The molecular formula is C14H18N2O2S. The number of rotatable bonds is 4. The predicted octanol–water partition coefficient (Wildman–Crippen LogP) is 3.61. The lowest BCUT2D eigenvalue weighted by Gasteiger charge is -2.21. The van der Waals surface area contributed by atoms with E-state index in [1.54, 1.807) is 6.20 Å². The van der Waals surface area contributed by atoms with Gasteiger partial charge in [-0.05, 0) is 18.8 Å². The number of hydrogen-bond donors (Lipinski definition) is 1. The van der Waals surface area contributed by atoms with Crippen molar-refractivity contribution in [3.63, 3.8) is 0 Å². The molecule has 2 heterocycles. The molecule has 1 aliphatic carbocycles. The maximum atomic E-state index is 11.3. The maximum absolute atomic E-state index is 11.3. The summed E-state index contributed by atoms with van der Waals surface area (Å²) in [5.41, 5.74) is 0.926. The average molecular weight is 278 g/mol. The molecule has 0 saturated heterocycles. The number of carboxylic acids is 1. The van der Waals surface area contributed by atoms with E-state index in [1.807, 2.05) is 10.6 Å². The zero-order valence-corrected chi connectivity index (χ0v) is 11.7. The quantitative estimate of drug-likeness (QED) is 0.929. The molecule has 3 rings (SSSR count). The molecule has 0 amide bonds. The van der Waals surface area contributed by atoms with Crippen molar-refractivity contribution in [2.45, 2.75) is 44.9 Å². The van der Waals surface area contributed by atoms with Crippen LogP contribution in [0.15, 0.2) is 12.4 Å². The van der Waals surface area contributed by atoms with Crippen LogP contribution < -0.4 is 0 Å². The maximum Gasteiger partial charge on any atom is 0.347 e. The van der Waals surface area contributed by atoms with Gasteiger partial charge in [-0.25, -0.2) is 9.78 Å². The number of aromatic nitrogens is 2. The van der Waals surface area contributed by atoms with E-state index in [2.05, 4.69) is 4.98 Å². The van der Waals surface area contributed by atoms with Gasteiger partial charge in [0.1, 0.15) is 4.88 Å². The number of carbonyl (C=O) groups is 1. The van der Waals surface area contributed by atoms with Gasteiger partial charge >= 0.3 is 5.97 Å². The van der Waals surface area contributed by atoms with Crippen molar-refractivity contribution in [3.8, 4) is 0 Å². The molecule has 1 N–H and O–H groups in total. The molecule has 0 aliphatic heterocycles. The first-order valence-corrected chi connectivity index (χ1v) is 7.75. The number of fused-ring (bicyclic) bond motifs is 1. The van der Waals surface area contributed by atoms with E-state index in [-0.39, 0.29) is 0 Å². The summed E-state index contributed by atoms with van der Waals surface area (Å²) in [7, 11) is 0. The monoisotopic (exact) mass is 278 g/mol. The Kier molecular flexibility index (Phi) is 3.55. The van der Waals surface area contributed by atoms with Crippen LogP contribution in [-0.2, 0) is 6.42 Å². The van der Waals surface area contributed by atoms with Crippen LogP contribution in [-0.4, -0.2) is 20.5 Å². The lowest BCUT2D eigenvalue weighted by atomic mass is 9.86. The lowest BCUT2D eigenvalue weighted by molar-refractivity contribution is 0.0700. The van der Waals surface area contributed by atoms with E-state index in [9.17, 15) is 9.90 Å².